The molecule has 1 fully saturated rings. The molecule has 1 aliphatic heterocycles. The lowest BCUT2D eigenvalue weighted by molar-refractivity contribution is -0.137. The summed E-state index contributed by atoms with van der Waals surface area (Å²) in [4.78, 5) is 18.8. The second-order valence-corrected chi connectivity index (χ2v) is 6.37. The van der Waals surface area contributed by atoms with E-state index in [1.165, 1.54) is 31.2 Å². The first-order valence-electron chi connectivity index (χ1n) is 8.62. The Morgan fingerprint density at radius 1 is 1.04 bits per heavy atom. The van der Waals surface area contributed by atoms with E-state index in [0.29, 0.717) is 5.56 Å². The first-order chi connectivity index (χ1) is 12.4. The SMILES string of the molecule is O=C(Nc1cccc(C(F)(F)F)c1)c1cncc(N2CCCCCC2)c1. The number of nitrogens with one attached hydrogen (secondary N) is 1. The largest absolute Gasteiger partial charge is 0.416 e. The maximum Gasteiger partial charge on any atom is 0.416 e. The Morgan fingerprint density at radius 3 is 2.46 bits per heavy atom. The summed E-state index contributed by atoms with van der Waals surface area (Å²) < 4.78 is 38.4. The molecule has 1 N–H and O–H groups in total. The molecule has 0 saturated carbocycles. The van der Waals surface area contributed by atoms with Crippen LogP contribution in [0.15, 0.2) is 42.7 Å². The second kappa shape index (κ2) is 7.76. The molecule has 7 heteroatoms. The van der Waals surface area contributed by atoms with E-state index in [1.54, 1.807) is 12.3 Å². The van der Waals surface area contributed by atoms with Gasteiger partial charge in [-0.3, -0.25) is 9.78 Å². The molecule has 1 aromatic carbocycles. The van der Waals surface area contributed by atoms with E-state index >= 15 is 0 Å². The number of nitrogens with zero attached hydrogens (tertiary/aromatic N) is 2. The molecular weight excluding hydrogens is 343 g/mol. The minimum Gasteiger partial charge on any atom is -0.370 e. The summed E-state index contributed by atoms with van der Waals surface area (Å²) in [5.74, 6) is -0.478. The summed E-state index contributed by atoms with van der Waals surface area (Å²) in [6.45, 7) is 1.83. The number of pyridine rings is 1. The van der Waals surface area contributed by atoms with Gasteiger partial charge in [-0.05, 0) is 37.1 Å². The van der Waals surface area contributed by atoms with Crippen LogP contribution in [0, 0.1) is 0 Å². The van der Waals surface area contributed by atoms with Crippen LogP contribution < -0.4 is 10.2 Å². The number of rotatable bonds is 3. The topological polar surface area (TPSA) is 45.2 Å². The van der Waals surface area contributed by atoms with Crippen LogP contribution in [0.3, 0.4) is 0 Å². The Bertz CT molecular complexity index is 769. The number of hydrogen-bond acceptors (Lipinski definition) is 3. The molecule has 1 saturated heterocycles. The van der Waals surface area contributed by atoms with Crippen molar-refractivity contribution < 1.29 is 18.0 Å². The van der Waals surface area contributed by atoms with Crippen LogP contribution in [0.5, 0.6) is 0 Å². The molecule has 0 unspecified atom stereocenters. The number of carbonyl (C=O) groups is 1. The van der Waals surface area contributed by atoms with Gasteiger partial charge >= 0.3 is 6.18 Å². The average Bonchev–Trinajstić information content (AvgIpc) is 2.91. The molecule has 26 heavy (non-hydrogen) atoms. The lowest BCUT2D eigenvalue weighted by Crippen LogP contribution is -2.24. The molecule has 1 aliphatic rings. The fourth-order valence-electron chi connectivity index (χ4n) is 3.03. The van der Waals surface area contributed by atoms with Gasteiger partial charge in [-0.1, -0.05) is 18.9 Å². The highest BCUT2D eigenvalue weighted by atomic mass is 19.4. The number of benzene rings is 1. The van der Waals surface area contributed by atoms with E-state index in [9.17, 15) is 18.0 Å². The number of carbonyl (C=O) groups excluding carboxylic acids is 1. The standard InChI is InChI=1S/C19H20F3N3O/c20-19(21,22)15-6-5-7-16(11-15)24-18(26)14-10-17(13-23-12-14)25-8-3-1-2-4-9-25/h5-7,10-13H,1-4,8-9H2,(H,24,26). The van der Waals surface area contributed by atoms with Crippen molar-refractivity contribution in [2.45, 2.75) is 31.9 Å². The molecule has 1 aromatic heterocycles. The predicted octanol–water partition coefficient (Wildman–Crippen LogP) is 4.73. The number of halogens is 3. The third kappa shape index (κ3) is 4.53. The Morgan fingerprint density at radius 2 is 1.77 bits per heavy atom. The zero-order valence-corrected chi connectivity index (χ0v) is 14.2. The zero-order valence-electron chi connectivity index (χ0n) is 14.2. The number of amides is 1. The molecule has 0 spiro atoms. The van der Waals surface area contributed by atoms with E-state index in [0.717, 1.165) is 43.8 Å². The number of hydrogen-bond donors (Lipinski definition) is 1. The maximum atomic E-state index is 12.8. The minimum atomic E-state index is -4.45. The Balaban J connectivity index is 1.75. The summed E-state index contributed by atoms with van der Waals surface area (Å²) >= 11 is 0. The zero-order chi connectivity index (χ0) is 18.6. The second-order valence-electron chi connectivity index (χ2n) is 6.37. The highest BCUT2D eigenvalue weighted by molar-refractivity contribution is 6.04. The molecule has 0 aliphatic carbocycles. The van der Waals surface area contributed by atoms with Crippen molar-refractivity contribution >= 4 is 17.3 Å². The molecular formula is C19H20F3N3O. The van der Waals surface area contributed by atoms with Gasteiger partial charge in [-0.25, -0.2) is 0 Å². The van der Waals surface area contributed by atoms with Gasteiger partial charge < -0.3 is 10.2 Å². The molecule has 0 radical (unpaired) electrons. The van der Waals surface area contributed by atoms with Gasteiger partial charge in [0.25, 0.3) is 5.91 Å². The van der Waals surface area contributed by atoms with Gasteiger partial charge in [-0.2, -0.15) is 13.2 Å². The van der Waals surface area contributed by atoms with Crippen LogP contribution in [0.1, 0.15) is 41.6 Å². The number of alkyl halides is 3. The fourth-order valence-corrected chi connectivity index (χ4v) is 3.03. The molecule has 2 heterocycles. The van der Waals surface area contributed by atoms with Crippen LogP contribution in [-0.2, 0) is 6.18 Å². The van der Waals surface area contributed by atoms with E-state index in [1.807, 2.05) is 0 Å². The minimum absolute atomic E-state index is 0.102. The normalized spacial score (nSPS) is 15.4. The fraction of sp³-hybridized carbons (Fsp3) is 0.368. The third-order valence-electron chi connectivity index (χ3n) is 4.40. The molecule has 4 nitrogen and oxygen atoms in total. The summed E-state index contributed by atoms with van der Waals surface area (Å²) in [6, 6.07) is 6.33. The van der Waals surface area contributed by atoms with Crippen molar-refractivity contribution in [1.82, 2.24) is 4.98 Å². The van der Waals surface area contributed by atoms with Crippen molar-refractivity contribution in [1.29, 1.82) is 0 Å². The highest BCUT2D eigenvalue weighted by Crippen LogP contribution is 2.30. The van der Waals surface area contributed by atoms with Gasteiger partial charge in [0, 0.05) is 25.0 Å². The number of anilines is 2. The molecule has 138 valence electrons. The van der Waals surface area contributed by atoms with E-state index in [-0.39, 0.29) is 5.69 Å². The summed E-state index contributed by atoms with van der Waals surface area (Å²) in [7, 11) is 0. The van der Waals surface area contributed by atoms with Crippen molar-refractivity contribution in [3.63, 3.8) is 0 Å². The molecule has 0 atom stereocenters. The smallest absolute Gasteiger partial charge is 0.370 e. The van der Waals surface area contributed by atoms with Crippen LogP contribution in [0.4, 0.5) is 24.5 Å². The van der Waals surface area contributed by atoms with Gasteiger partial charge in [0.1, 0.15) is 0 Å². The lowest BCUT2D eigenvalue weighted by atomic mass is 10.2. The predicted molar refractivity (Wildman–Crippen MR) is 94.3 cm³/mol. The van der Waals surface area contributed by atoms with E-state index < -0.39 is 17.6 Å². The van der Waals surface area contributed by atoms with Crippen LogP contribution in [0.25, 0.3) is 0 Å². The van der Waals surface area contributed by atoms with Crippen LogP contribution in [0.2, 0.25) is 0 Å². The average molecular weight is 363 g/mol. The molecule has 3 rings (SSSR count). The van der Waals surface area contributed by atoms with Crippen molar-refractivity contribution in [3.05, 3.63) is 53.9 Å². The molecule has 1 amide bonds. The van der Waals surface area contributed by atoms with Gasteiger partial charge in [-0.15, -0.1) is 0 Å². The molecule has 2 aromatic rings. The highest BCUT2D eigenvalue weighted by Gasteiger charge is 2.30. The third-order valence-corrected chi connectivity index (χ3v) is 4.40. The van der Waals surface area contributed by atoms with Crippen molar-refractivity contribution in [2.75, 3.05) is 23.3 Å². The van der Waals surface area contributed by atoms with Gasteiger partial charge in [0.15, 0.2) is 0 Å². The van der Waals surface area contributed by atoms with Gasteiger partial charge in [0.05, 0.1) is 23.0 Å². The Hall–Kier alpha value is -2.57. The summed E-state index contributed by atoms with van der Waals surface area (Å²) in [6.07, 6.45) is 3.27. The van der Waals surface area contributed by atoms with Crippen LogP contribution in [-0.4, -0.2) is 24.0 Å². The first-order valence-corrected chi connectivity index (χ1v) is 8.62. The molecule has 0 bridgehead atoms. The summed E-state index contributed by atoms with van der Waals surface area (Å²) in [5.41, 5.74) is 0.490. The quantitative estimate of drug-likeness (QED) is 0.857. The van der Waals surface area contributed by atoms with Crippen LogP contribution >= 0.6 is 0 Å². The Kier molecular flexibility index (Phi) is 5.44. The van der Waals surface area contributed by atoms with E-state index in [4.69, 9.17) is 0 Å². The van der Waals surface area contributed by atoms with Crippen molar-refractivity contribution in [2.24, 2.45) is 0 Å². The van der Waals surface area contributed by atoms with Gasteiger partial charge in [0.2, 0.25) is 0 Å². The maximum absolute atomic E-state index is 12.8. The monoisotopic (exact) mass is 363 g/mol. The Labute approximate surface area is 150 Å². The number of aromatic nitrogens is 1. The summed E-state index contributed by atoms with van der Waals surface area (Å²) in [5, 5.41) is 2.52. The lowest BCUT2D eigenvalue weighted by Gasteiger charge is -2.22. The first kappa shape index (κ1) is 18.2. The van der Waals surface area contributed by atoms with Crippen molar-refractivity contribution in [3.8, 4) is 0 Å². The van der Waals surface area contributed by atoms with E-state index in [2.05, 4.69) is 15.2 Å².